The highest BCUT2D eigenvalue weighted by Gasteiger charge is 2.02. The summed E-state index contributed by atoms with van der Waals surface area (Å²) in [6.45, 7) is 4.53. The molecule has 0 unspecified atom stereocenters. The normalized spacial score (nSPS) is 9.64. The Hall–Kier alpha value is -1.51. The third kappa shape index (κ3) is 2.49. The Morgan fingerprint density at radius 3 is 2.43 bits per heavy atom. The number of ether oxygens (including phenoxy) is 1. The largest absolute Gasteiger partial charge is 0.483 e. The molecule has 0 heterocycles. The van der Waals surface area contributed by atoms with E-state index in [-0.39, 0.29) is 5.90 Å². The standard InChI is InChI=1S/C11H16N2O/c1-8-5-4-6-9(2)11(8)13-7-10(12)14-3/h4-6,12-13H,7H2,1-3H3. The van der Waals surface area contributed by atoms with Gasteiger partial charge in [-0.1, -0.05) is 18.2 Å². The first-order valence-electron chi connectivity index (χ1n) is 4.56. The molecule has 3 nitrogen and oxygen atoms in total. The minimum absolute atomic E-state index is 0.243. The number of rotatable bonds is 3. The van der Waals surface area contributed by atoms with Crippen LogP contribution in [0.4, 0.5) is 5.69 Å². The summed E-state index contributed by atoms with van der Waals surface area (Å²) in [6, 6.07) is 6.12. The fraction of sp³-hybridized carbons (Fsp3) is 0.364. The molecule has 0 atom stereocenters. The fourth-order valence-corrected chi connectivity index (χ4v) is 1.33. The van der Waals surface area contributed by atoms with Gasteiger partial charge in [0.1, 0.15) is 0 Å². The molecule has 76 valence electrons. The molecule has 0 saturated heterocycles. The zero-order valence-corrected chi connectivity index (χ0v) is 8.85. The van der Waals surface area contributed by atoms with Gasteiger partial charge in [-0.25, -0.2) is 0 Å². The molecule has 14 heavy (non-hydrogen) atoms. The van der Waals surface area contributed by atoms with Crippen molar-refractivity contribution in [2.45, 2.75) is 13.8 Å². The summed E-state index contributed by atoms with van der Waals surface area (Å²) in [5, 5.41) is 10.5. The van der Waals surface area contributed by atoms with Gasteiger partial charge in [-0.15, -0.1) is 0 Å². The van der Waals surface area contributed by atoms with E-state index in [4.69, 9.17) is 10.1 Å². The summed E-state index contributed by atoms with van der Waals surface area (Å²) in [4.78, 5) is 0. The number of hydrogen-bond donors (Lipinski definition) is 2. The molecular formula is C11H16N2O. The molecule has 0 aliphatic heterocycles. The Morgan fingerprint density at radius 2 is 1.93 bits per heavy atom. The number of nitrogens with one attached hydrogen (secondary N) is 2. The second-order valence-electron chi connectivity index (χ2n) is 3.25. The van der Waals surface area contributed by atoms with E-state index in [2.05, 4.69) is 5.32 Å². The van der Waals surface area contributed by atoms with Gasteiger partial charge in [-0.05, 0) is 25.0 Å². The topological polar surface area (TPSA) is 45.1 Å². The maximum atomic E-state index is 7.34. The summed E-state index contributed by atoms with van der Waals surface area (Å²) in [6.07, 6.45) is 0. The number of benzene rings is 1. The smallest absolute Gasteiger partial charge is 0.200 e. The number of aryl methyl sites for hydroxylation is 2. The molecule has 0 aromatic heterocycles. The van der Waals surface area contributed by atoms with Crippen molar-refractivity contribution < 1.29 is 4.74 Å². The van der Waals surface area contributed by atoms with Crippen LogP contribution in [0.5, 0.6) is 0 Å². The third-order valence-electron chi connectivity index (χ3n) is 2.15. The van der Waals surface area contributed by atoms with Crippen LogP contribution in [0.2, 0.25) is 0 Å². The molecular weight excluding hydrogens is 176 g/mol. The van der Waals surface area contributed by atoms with Crippen LogP contribution >= 0.6 is 0 Å². The van der Waals surface area contributed by atoms with Crippen molar-refractivity contribution in [2.24, 2.45) is 0 Å². The van der Waals surface area contributed by atoms with Crippen molar-refractivity contribution in [2.75, 3.05) is 19.0 Å². The predicted molar refractivity (Wildman–Crippen MR) is 59.1 cm³/mol. The maximum Gasteiger partial charge on any atom is 0.200 e. The third-order valence-corrected chi connectivity index (χ3v) is 2.15. The molecule has 0 amide bonds. The second kappa shape index (κ2) is 4.65. The van der Waals surface area contributed by atoms with E-state index < -0.39 is 0 Å². The summed E-state index contributed by atoms with van der Waals surface area (Å²) in [7, 11) is 1.51. The van der Waals surface area contributed by atoms with Crippen LogP contribution in [0.15, 0.2) is 18.2 Å². The molecule has 2 N–H and O–H groups in total. The molecule has 0 aliphatic carbocycles. The van der Waals surface area contributed by atoms with E-state index in [0.717, 1.165) is 5.69 Å². The molecule has 3 heteroatoms. The lowest BCUT2D eigenvalue weighted by Crippen LogP contribution is -2.15. The minimum atomic E-state index is 0.243. The van der Waals surface area contributed by atoms with Crippen molar-refractivity contribution in [3.05, 3.63) is 29.3 Å². The van der Waals surface area contributed by atoms with Crippen LogP contribution in [0.1, 0.15) is 11.1 Å². The van der Waals surface area contributed by atoms with Gasteiger partial charge in [0.2, 0.25) is 0 Å². The van der Waals surface area contributed by atoms with Gasteiger partial charge in [0.25, 0.3) is 0 Å². The van der Waals surface area contributed by atoms with E-state index in [1.54, 1.807) is 0 Å². The minimum Gasteiger partial charge on any atom is -0.483 e. The molecule has 1 rings (SSSR count). The molecule has 0 saturated carbocycles. The number of hydrogen-bond acceptors (Lipinski definition) is 3. The first kappa shape index (κ1) is 10.6. The number of anilines is 1. The highest BCUT2D eigenvalue weighted by Crippen LogP contribution is 2.18. The van der Waals surface area contributed by atoms with Crippen LogP contribution in [0, 0.1) is 19.3 Å². The van der Waals surface area contributed by atoms with Gasteiger partial charge in [0.15, 0.2) is 5.90 Å². The molecule has 0 radical (unpaired) electrons. The molecule has 1 aromatic rings. The first-order chi connectivity index (χ1) is 6.65. The van der Waals surface area contributed by atoms with Gasteiger partial charge in [0.05, 0.1) is 13.7 Å². The Labute approximate surface area is 84.6 Å². The van der Waals surface area contributed by atoms with Crippen LogP contribution in [0.3, 0.4) is 0 Å². The lowest BCUT2D eigenvalue weighted by Gasteiger charge is -2.12. The van der Waals surface area contributed by atoms with Crippen LogP contribution in [-0.4, -0.2) is 19.6 Å². The van der Waals surface area contributed by atoms with E-state index in [9.17, 15) is 0 Å². The Balaban J connectivity index is 2.71. The van der Waals surface area contributed by atoms with Crippen molar-refractivity contribution in [1.29, 1.82) is 5.41 Å². The first-order valence-corrected chi connectivity index (χ1v) is 4.56. The summed E-state index contributed by atoms with van der Waals surface area (Å²) >= 11 is 0. The van der Waals surface area contributed by atoms with Gasteiger partial charge in [-0.2, -0.15) is 0 Å². The van der Waals surface area contributed by atoms with Gasteiger partial charge >= 0.3 is 0 Å². The monoisotopic (exact) mass is 192 g/mol. The summed E-state index contributed by atoms with van der Waals surface area (Å²) < 4.78 is 4.77. The van der Waals surface area contributed by atoms with Crippen LogP contribution in [0.25, 0.3) is 0 Å². The van der Waals surface area contributed by atoms with Crippen LogP contribution in [-0.2, 0) is 4.74 Å². The number of para-hydroxylation sites is 1. The molecule has 0 aliphatic rings. The Morgan fingerprint density at radius 1 is 1.36 bits per heavy atom. The Bertz CT molecular complexity index is 314. The molecule has 0 bridgehead atoms. The zero-order chi connectivity index (χ0) is 10.6. The van der Waals surface area contributed by atoms with E-state index in [1.165, 1.54) is 18.2 Å². The van der Waals surface area contributed by atoms with Gasteiger partial charge < -0.3 is 10.1 Å². The van der Waals surface area contributed by atoms with E-state index in [0.29, 0.717) is 6.54 Å². The van der Waals surface area contributed by atoms with Crippen LogP contribution < -0.4 is 5.32 Å². The average molecular weight is 192 g/mol. The van der Waals surface area contributed by atoms with Crippen molar-refractivity contribution in [1.82, 2.24) is 0 Å². The van der Waals surface area contributed by atoms with E-state index in [1.807, 2.05) is 32.0 Å². The van der Waals surface area contributed by atoms with Gasteiger partial charge in [0, 0.05) is 5.69 Å². The SMILES string of the molecule is COC(=N)CNc1c(C)cccc1C. The zero-order valence-electron chi connectivity index (χ0n) is 8.85. The predicted octanol–water partition coefficient (Wildman–Crippen LogP) is 2.34. The lowest BCUT2D eigenvalue weighted by molar-refractivity contribution is 0.393. The molecule has 1 aromatic carbocycles. The Kier molecular flexibility index (Phi) is 3.51. The average Bonchev–Trinajstić information content (AvgIpc) is 2.16. The summed E-state index contributed by atoms with van der Waals surface area (Å²) in [5.41, 5.74) is 3.47. The quantitative estimate of drug-likeness (QED) is 0.570. The van der Waals surface area contributed by atoms with Crippen molar-refractivity contribution in [3.63, 3.8) is 0 Å². The lowest BCUT2D eigenvalue weighted by atomic mass is 10.1. The molecule has 0 spiro atoms. The van der Waals surface area contributed by atoms with Gasteiger partial charge in [-0.3, -0.25) is 5.41 Å². The highest BCUT2D eigenvalue weighted by atomic mass is 16.5. The maximum absolute atomic E-state index is 7.34. The fourth-order valence-electron chi connectivity index (χ4n) is 1.33. The second-order valence-corrected chi connectivity index (χ2v) is 3.25. The van der Waals surface area contributed by atoms with Crippen molar-refractivity contribution >= 4 is 11.6 Å². The molecule has 0 fully saturated rings. The number of methoxy groups -OCH3 is 1. The van der Waals surface area contributed by atoms with E-state index >= 15 is 0 Å². The van der Waals surface area contributed by atoms with Crippen molar-refractivity contribution in [3.8, 4) is 0 Å². The summed E-state index contributed by atoms with van der Waals surface area (Å²) in [5.74, 6) is 0.243. The highest BCUT2D eigenvalue weighted by molar-refractivity contribution is 5.78.